The van der Waals surface area contributed by atoms with Gasteiger partial charge in [0, 0.05) is 18.2 Å². The highest BCUT2D eigenvalue weighted by Crippen LogP contribution is 2.27. The summed E-state index contributed by atoms with van der Waals surface area (Å²) in [6, 6.07) is 8.83. The first-order chi connectivity index (χ1) is 13.4. The minimum Gasteiger partial charge on any atom is -0.481 e. The summed E-state index contributed by atoms with van der Waals surface area (Å²) in [5.41, 5.74) is 5.12. The topological polar surface area (TPSA) is 68.7 Å². The molecule has 0 aliphatic carbocycles. The third-order valence-electron chi connectivity index (χ3n) is 4.91. The van der Waals surface area contributed by atoms with Gasteiger partial charge in [0.05, 0.1) is 13.2 Å². The van der Waals surface area contributed by atoms with Crippen LogP contribution in [0.3, 0.4) is 0 Å². The fraction of sp³-hybridized carbons (Fsp3) is 0.364. The van der Waals surface area contributed by atoms with Crippen LogP contribution in [0.4, 0.5) is 4.39 Å². The molecule has 0 saturated carbocycles. The molecule has 1 N–H and O–H groups in total. The normalized spacial score (nSPS) is 14.2. The first-order valence-corrected chi connectivity index (χ1v) is 9.30. The zero-order valence-electron chi connectivity index (χ0n) is 16.1. The van der Waals surface area contributed by atoms with Crippen molar-refractivity contribution in [1.82, 2.24) is 4.98 Å². The van der Waals surface area contributed by atoms with Crippen LogP contribution in [0, 0.1) is 19.7 Å². The molecule has 1 aromatic heterocycles. The van der Waals surface area contributed by atoms with E-state index in [0.717, 1.165) is 34.4 Å². The van der Waals surface area contributed by atoms with Crippen molar-refractivity contribution in [1.29, 1.82) is 0 Å². The lowest BCUT2D eigenvalue weighted by Crippen LogP contribution is -2.16. The van der Waals surface area contributed by atoms with Crippen molar-refractivity contribution in [3.63, 3.8) is 0 Å². The molecule has 3 rings (SSSR count). The fourth-order valence-electron chi connectivity index (χ4n) is 3.16. The molecule has 0 fully saturated rings. The number of hydrogen-bond acceptors (Lipinski definition) is 4. The quantitative estimate of drug-likeness (QED) is 0.777. The summed E-state index contributed by atoms with van der Waals surface area (Å²) in [5, 5.41) is 8.82. The lowest BCUT2D eigenvalue weighted by atomic mass is 9.96. The van der Waals surface area contributed by atoms with Crippen molar-refractivity contribution in [3.05, 3.63) is 64.1 Å². The van der Waals surface area contributed by atoms with E-state index < -0.39 is 5.97 Å². The predicted octanol–water partition coefficient (Wildman–Crippen LogP) is 4.11. The van der Waals surface area contributed by atoms with Gasteiger partial charge in [0.15, 0.2) is 0 Å². The summed E-state index contributed by atoms with van der Waals surface area (Å²) in [6.07, 6.45) is 1.24. The van der Waals surface area contributed by atoms with Gasteiger partial charge in [-0.25, -0.2) is 9.37 Å². The van der Waals surface area contributed by atoms with Gasteiger partial charge < -0.3 is 14.6 Å². The van der Waals surface area contributed by atoms with Crippen LogP contribution in [-0.2, 0) is 16.0 Å². The number of ether oxygens (including phenoxy) is 2. The summed E-state index contributed by atoms with van der Waals surface area (Å²) in [7, 11) is 0. The van der Waals surface area contributed by atoms with Crippen molar-refractivity contribution in [2.24, 2.45) is 0 Å². The van der Waals surface area contributed by atoms with Crippen LogP contribution >= 0.6 is 0 Å². The zero-order chi connectivity index (χ0) is 20.1. The Morgan fingerprint density at radius 3 is 2.82 bits per heavy atom. The minimum absolute atomic E-state index is 0.0755. The van der Waals surface area contributed by atoms with E-state index in [0.29, 0.717) is 37.7 Å². The van der Waals surface area contributed by atoms with E-state index in [1.807, 2.05) is 19.1 Å². The summed E-state index contributed by atoms with van der Waals surface area (Å²) >= 11 is 0. The average molecular weight is 385 g/mol. The highest BCUT2D eigenvalue weighted by molar-refractivity contribution is 5.70. The predicted molar refractivity (Wildman–Crippen MR) is 104 cm³/mol. The number of aromatic nitrogens is 1. The molecular weight excluding hydrogens is 361 g/mol. The highest BCUT2D eigenvalue weighted by atomic mass is 19.1. The van der Waals surface area contributed by atoms with Crippen LogP contribution in [0.2, 0.25) is 0 Å². The molecule has 2 aromatic rings. The SMILES string of the molecule is Cc1ccc(C2=C(COc3ccc(CCC(=O)O)c(C)n3)CCOC2)cc1F. The second-order valence-corrected chi connectivity index (χ2v) is 6.93. The first-order valence-electron chi connectivity index (χ1n) is 9.30. The standard InChI is InChI=1S/C22H24FNO4/c1-14-3-4-17(11-20(14)23)19-13-27-10-9-18(19)12-28-21-7-5-16(15(2)24-21)6-8-22(25)26/h3-5,7,11H,6,8-10,12-13H2,1-2H3,(H,25,26). The Bertz CT molecular complexity index is 907. The fourth-order valence-corrected chi connectivity index (χ4v) is 3.16. The number of carboxylic acid groups (broad SMARTS) is 1. The Labute approximate surface area is 163 Å². The first kappa shape index (κ1) is 20.0. The maximum atomic E-state index is 14.0. The second-order valence-electron chi connectivity index (χ2n) is 6.93. The number of hydrogen-bond donors (Lipinski definition) is 1. The smallest absolute Gasteiger partial charge is 0.303 e. The summed E-state index contributed by atoms with van der Waals surface area (Å²) in [6.45, 7) is 4.98. The van der Waals surface area contributed by atoms with E-state index in [9.17, 15) is 9.18 Å². The van der Waals surface area contributed by atoms with Crippen LogP contribution < -0.4 is 4.74 Å². The Morgan fingerprint density at radius 2 is 2.11 bits per heavy atom. The minimum atomic E-state index is -0.828. The van der Waals surface area contributed by atoms with Gasteiger partial charge in [0.1, 0.15) is 12.4 Å². The molecule has 5 nitrogen and oxygen atoms in total. The maximum Gasteiger partial charge on any atom is 0.303 e. The van der Waals surface area contributed by atoms with Gasteiger partial charge in [-0.15, -0.1) is 0 Å². The third-order valence-corrected chi connectivity index (χ3v) is 4.91. The van der Waals surface area contributed by atoms with Crippen molar-refractivity contribution >= 4 is 11.5 Å². The van der Waals surface area contributed by atoms with Gasteiger partial charge in [-0.3, -0.25) is 4.79 Å². The Morgan fingerprint density at radius 1 is 1.29 bits per heavy atom. The molecule has 148 valence electrons. The average Bonchev–Trinajstić information content (AvgIpc) is 2.68. The Kier molecular flexibility index (Phi) is 6.41. The molecule has 0 unspecified atom stereocenters. The highest BCUT2D eigenvalue weighted by Gasteiger charge is 2.17. The van der Waals surface area contributed by atoms with Gasteiger partial charge in [0.2, 0.25) is 5.88 Å². The zero-order valence-corrected chi connectivity index (χ0v) is 16.1. The number of aliphatic carboxylic acids is 1. The molecule has 28 heavy (non-hydrogen) atoms. The van der Waals surface area contributed by atoms with Crippen molar-refractivity contribution in [2.75, 3.05) is 19.8 Å². The van der Waals surface area contributed by atoms with Gasteiger partial charge in [0.25, 0.3) is 0 Å². The number of carboxylic acids is 1. The number of pyridine rings is 1. The molecule has 0 saturated heterocycles. The molecule has 2 heterocycles. The molecule has 1 aliphatic rings. The van der Waals surface area contributed by atoms with Crippen LogP contribution in [0.5, 0.6) is 5.88 Å². The number of rotatable bonds is 7. The summed E-state index contributed by atoms with van der Waals surface area (Å²) < 4.78 is 25.4. The maximum absolute atomic E-state index is 14.0. The van der Waals surface area contributed by atoms with E-state index in [4.69, 9.17) is 14.6 Å². The van der Waals surface area contributed by atoms with Crippen LogP contribution in [0.15, 0.2) is 35.9 Å². The van der Waals surface area contributed by atoms with Gasteiger partial charge in [-0.1, -0.05) is 18.2 Å². The van der Waals surface area contributed by atoms with Crippen molar-refractivity contribution in [2.45, 2.75) is 33.1 Å². The van der Waals surface area contributed by atoms with Gasteiger partial charge in [-0.2, -0.15) is 0 Å². The van der Waals surface area contributed by atoms with Crippen LogP contribution in [0.1, 0.15) is 35.2 Å². The molecule has 0 amide bonds. The monoisotopic (exact) mass is 385 g/mol. The number of carbonyl (C=O) groups is 1. The molecule has 0 spiro atoms. The molecule has 0 bridgehead atoms. The van der Waals surface area contributed by atoms with Crippen molar-refractivity contribution < 1.29 is 23.8 Å². The van der Waals surface area contributed by atoms with E-state index >= 15 is 0 Å². The molecule has 6 heteroatoms. The largest absolute Gasteiger partial charge is 0.481 e. The summed E-state index contributed by atoms with van der Waals surface area (Å²) in [5.74, 6) is -0.568. The van der Waals surface area contributed by atoms with Crippen molar-refractivity contribution in [3.8, 4) is 5.88 Å². The molecular formula is C22H24FNO4. The van der Waals surface area contributed by atoms with E-state index in [2.05, 4.69) is 4.98 Å². The lowest BCUT2D eigenvalue weighted by Gasteiger charge is -2.22. The lowest BCUT2D eigenvalue weighted by molar-refractivity contribution is -0.136. The number of halogens is 1. The van der Waals surface area contributed by atoms with E-state index in [-0.39, 0.29) is 12.2 Å². The number of aryl methyl sites for hydroxylation is 3. The molecule has 0 radical (unpaired) electrons. The second kappa shape index (κ2) is 8.97. The van der Waals surface area contributed by atoms with Gasteiger partial charge >= 0.3 is 5.97 Å². The number of nitrogens with zero attached hydrogens (tertiary/aromatic N) is 1. The van der Waals surface area contributed by atoms with Crippen LogP contribution in [-0.4, -0.2) is 35.9 Å². The van der Waals surface area contributed by atoms with E-state index in [1.165, 1.54) is 0 Å². The molecule has 1 aliphatic heterocycles. The third kappa shape index (κ3) is 4.95. The number of benzene rings is 1. The van der Waals surface area contributed by atoms with Gasteiger partial charge in [-0.05, 0) is 60.6 Å². The molecule has 0 atom stereocenters. The Balaban J connectivity index is 1.74. The molecule has 1 aromatic carbocycles. The van der Waals surface area contributed by atoms with E-state index in [1.54, 1.807) is 25.1 Å². The van der Waals surface area contributed by atoms with Crippen LogP contribution in [0.25, 0.3) is 5.57 Å². The summed E-state index contributed by atoms with van der Waals surface area (Å²) in [4.78, 5) is 15.2. The Hall–Kier alpha value is -2.73.